The van der Waals surface area contributed by atoms with Crippen LogP contribution in [0.3, 0.4) is 0 Å². The zero-order valence-corrected chi connectivity index (χ0v) is 10.0. The molecule has 5 heteroatoms. The first-order valence-electron chi connectivity index (χ1n) is 4.48. The second kappa shape index (κ2) is 5.83. The van der Waals surface area contributed by atoms with E-state index in [-0.39, 0.29) is 11.1 Å². The molecule has 0 amide bonds. The molecule has 0 saturated carbocycles. The standard InChI is InChI=1S/C8H18ClNO2S/c1-4-5-6-13(11,12)10(3)7-8(2)9/h8H,4-7H2,1-3H3. The van der Waals surface area contributed by atoms with Crippen LogP contribution in [0.4, 0.5) is 0 Å². The van der Waals surface area contributed by atoms with Crippen LogP contribution in [0.2, 0.25) is 0 Å². The van der Waals surface area contributed by atoms with Crippen molar-refractivity contribution in [3.63, 3.8) is 0 Å². The predicted molar refractivity (Wildman–Crippen MR) is 56.6 cm³/mol. The van der Waals surface area contributed by atoms with Gasteiger partial charge < -0.3 is 0 Å². The largest absolute Gasteiger partial charge is 0.213 e. The Balaban J connectivity index is 4.12. The Morgan fingerprint density at radius 2 is 2.00 bits per heavy atom. The van der Waals surface area contributed by atoms with E-state index in [1.807, 2.05) is 6.92 Å². The first-order valence-corrected chi connectivity index (χ1v) is 6.52. The molecule has 0 N–H and O–H groups in total. The first-order chi connectivity index (χ1) is 5.90. The second-order valence-corrected chi connectivity index (χ2v) is 6.17. The van der Waals surface area contributed by atoms with Crippen LogP contribution in [0.15, 0.2) is 0 Å². The summed E-state index contributed by atoms with van der Waals surface area (Å²) < 4.78 is 24.3. The van der Waals surface area contributed by atoms with Gasteiger partial charge >= 0.3 is 0 Å². The summed E-state index contributed by atoms with van der Waals surface area (Å²) in [5.74, 6) is 0.226. The lowest BCUT2D eigenvalue weighted by atomic mass is 10.4. The zero-order chi connectivity index (χ0) is 10.5. The normalized spacial score (nSPS) is 14.8. The van der Waals surface area contributed by atoms with Crippen LogP contribution in [-0.4, -0.2) is 37.4 Å². The molecule has 0 aliphatic rings. The van der Waals surface area contributed by atoms with E-state index >= 15 is 0 Å². The van der Waals surface area contributed by atoms with E-state index in [1.165, 1.54) is 4.31 Å². The van der Waals surface area contributed by atoms with Gasteiger partial charge in [-0.15, -0.1) is 11.6 Å². The number of sulfonamides is 1. The molecule has 1 atom stereocenters. The number of halogens is 1. The molecule has 0 saturated heterocycles. The van der Waals surface area contributed by atoms with Crippen molar-refractivity contribution in [3.8, 4) is 0 Å². The van der Waals surface area contributed by atoms with Crippen LogP contribution < -0.4 is 0 Å². The van der Waals surface area contributed by atoms with Crippen molar-refractivity contribution in [1.29, 1.82) is 0 Å². The lowest BCUT2D eigenvalue weighted by Crippen LogP contribution is -2.33. The molecule has 0 spiro atoms. The van der Waals surface area contributed by atoms with Crippen molar-refractivity contribution in [2.75, 3.05) is 19.3 Å². The summed E-state index contributed by atoms with van der Waals surface area (Å²) in [4.78, 5) is 0. The minimum Gasteiger partial charge on any atom is -0.212 e. The average molecular weight is 228 g/mol. The summed E-state index contributed by atoms with van der Waals surface area (Å²) in [7, 11) is -1.50. The summed E-state index contributed by atoms with van der Waals surface area (Å²) >= 11 is 5.71. The lowest BCUT2D eigenvalue weighted by molar-refractivity contribution is 0.469. The van der Waals surface area contributed by atoms with Crippen LogP contribution in [0.5, 0.6) is 0 Å². The molecule has 1 unspecified atom stereocenters. The Morgan fingerprint density at radius 3 is 2.38 bits per heavy atom. The summed E-state index contributed by atoms with van der Waals surface area (Å²) in [5.41, 5.74) is 0. The molecule has 0 aromatic carbocycles. The van der Waals surface area contributed by atoms with Crippen molar-refractivity contribution < 1.29 is 8.42 Å². The van der Waals surface area contributed by atoms with Gasteiger partial charge in [-0.2, -0.15) is 0 Å². The molecule has 3 nitrogen and oxygen atoms in total. The number of hydrogen-bond acceptors (Lipinski definition) is 2. The number of alkyl halides is 1. The highest BCUT2D eigenvalue weighted by Gasteiger charge is 2.17. The van der Waals surface area contributed by atoms with E-state index in [4.69, 9.17) is 11.6 Å². The Bertz CT molecular complexity index is 226. The lowest BCUT2D eigenvalue weighted by Gasteiger charge is -2.17. The fourth-order valence-electron chi connectivity index (χ4n) is 0.950. The molecule has 13 heavy (non-hydrogen) atoms. The smallest absolute Gasteiger partial charge is 0.212 e. The number of unbranched alkanes of at least 4 members (excludes halogenated alkanes) is 1. The van der Waals surface area contributed by atoms with E-state index in [1.54, 1.807) is 14.0 Å². The monoisotopic (exact) mass is 227 g/mol. The molecule has 0 heterocycles. The summed E-state index contributed by atoms with van der Waals surface area (Å²) in [5, 5.41) is -0.138. The molecule has 0 aliphatic carbocycles. The fraction of sp³-hybridized carbons (Fsp3) is 1.00. The summed E-state index contributed by atoms with van der Waals surface area (Å²) in [6, 6.07) is 0. The maximum atomic E-state index is 11.5. The molecule has 0 aliphatic heterocycles. The minimum absolute atomic E-state index is 0.138. The fourth-order valence-corrected chi connectivity index (χ4v) is 2.66. The zero-order valence-electron chi connectivity index (χ0n) is 8.46. The number of rotatable bonds is 6. The Hall–Kier alpha value is 0.200. The van der Waals surface area contributed by atoms with Crippen molar-refractivity contribution in [3.05, 3.63) is 0 Å². The van der Waals surface area contributed by atoms with Gasteiger partial charge in [0.2, 0.25) is 10.0 Å². The van der Waals surface area contributed by atoms with Crippen molar-refractivity contribution in [2.24, 2.45) is 0 Å². The quantitative estimate of drug-likeness (QED) is 0.648. The topological polar surface area (TPSA) is 37.4 Å². The molecular formula is C8H18ClNO2S. The van der Waals surface area contributed by atoms with E-state index in [2.05, 4.69) is 0 Å². The summed E-state index contributed by atoms with van der Waals surface area (Å²) in [6.07, 6.45) is 1.60. The molecule has 80 valence electrons. The highest BCUT2D eigenvalue weighted by molar-refractivity contribution is 7.89. The molecule has 0 bridgehead atoms. The van der Waals surface area contributed by atoms with E-state index < -0.39 is 10.0 Å². The maximum absolute atomic E-state index is 11.5. The van der Waals surface area contributed by atoms with Gasteiger partial charge in [0.1, 0.15) is 0 Å². The van der Waals surface area contributed by atoms with Gasteiger partial charge in [0.25, 0.3) is 0 Å². The molecule has 0 radical (unpaired) electrons. The second-order valence-electron chi connectivity index (χ2n) is 3.23. The third-order valence-corrected chi connectivity index (χ3v) is 3.78. The summed E-state index contributed by atoms with van der Waals surface area (Å²) in [6.45, 7) is 4.14. The first kappa shape index (κ1) is 13.2. The van der Waals surface area contributed by atoms with Gasteiger partial charge in [-0.3, -0.25) is 0 Å². The van der Waals surface area contributed by atoms with Gasteiger partial charge in [0.05, 0.1) is 5.75 Å². The van der Waals surface area contributed by atoms with Gasteiger partial charge in [-0.05, 0) is 13.3 Å². The number of nitrogens with zero attached hydrogens (tertiary/aromatic N) is 1. The van der Waals surface area contributed by atoms with E-state index in [9.17, 15) is 8.42 Å². The molecule has 0 aromatic rings. The van der Waals surface area contributed by atoms with Gasteiger partial charge in [0, 0.05) is 19.0 Å². The highest BCUT2D eigenvalue weighted by atomic mass is 35.5. The van der Waals surface area contributed by atoms with E-state index in [0.29, 0.717) is 13.0 Å². The van der Waals surface area contributed by atoms with Gasteiger partial charge in [0.15, 0.2) is 0 Å². The average Bonchev–Trinajstić information content (AvgIpc) is 1.99. The van der Waals surface area contributed by atoms with E-state index in [0.717, 1.165) is 6.42 Å². The van der Waals surface area contributed by atoms with Crippen LogP contribution in [0.25, 0.3) is 0 Å². The minimum atomic E-state index is -3.07. The van der Waals surface area contributed by atoms with Crippen molar-refractivity contribution in [1.82, 2.24) is 4.31 Å². The number of hydrogen-bond donors (Lipinski definition) is 0. The van der Waals surface area contributed by atoms with Crippen molar-refractivity contribution >= 4 is 21.6 Å². The van der Waals surface area contributed by atoms with Gasteiger partial charge in [-0.25, -0.2) is 12.7 Å². The highest BCUT2D eigenvalue weighted by Crippen LogP contribution is 2.05. The van der Waals surface area contributed by atoms with Crippen LogP contribution >= 0.6 is 11.6 Å². The molecule has 0 fully saturated rings. The van der Waals surface area contributed by atoms with Crippen LogP contribution in [0, 0.1) is 0 Å². The third kappa shape index (κ3) is 5.49. The molecule has 0 rings (SSSR count). The molecule has 0 aromatic heterocycles. The SMILES string of the molecule is CCCCS(=O)(=O)N(C)CC(C)Cl. The maximum Gasteiger partial charge on any atom is 0.213 e. The van der Waals surface area contributed by atoms with Crippen LogP contribution in [0.1, 0.15) is 26.7 Å². The Morgan fingerprint density at radius 1 is 1.46 bits per heavy atom. The Kier molecular flexibility index (Phi) is 5.92. The van der Waals surface area contributed by atoms with Crippen molar-refractivity contribution in [2.45, 2.75) is 32.1 Å². The third-order valence-electron chi connectivity index (χ3n) is 1.74. The molecular weight excluding hydrogens is 210 g/mol. The predicted octanol–water partition coefficient (Wildman–Crippen LogP) is 1.68. The Labute approximate surface area is 86.1 Å². The van der Waals surface area contributed by atoms with Gasteiger partial charge in [-0.1, -0.05) is 13.3 Å². The van der Waals surface area contributed by atoms with Crippen LogP contribution in [-0.2, 0) is 10.0 Å².